The van der Waals surface area contributed by atoms with E-state index >= 15 is 0 Å². The lowest BCUT2D eigenvalue weighted by atomic mass is 9.82. The molecule has 1 saturated heterocycles. The third kappa shape index (κ3) is 3.15. The summed E-state index contributed by atoms with van der Waals surface area (Å²) in [5.74, 6) is -0.862. The number of rotatable bonds is 4. The summed E-state index contributed by atoms with van der Waals surface area (Å²) in [6.45, 7) is 1.32. The predicted octanol–water partition coefficient (Wildman–Crippen LogP) is 2.36. The van der Waals surface area contributed by atoms with Gasteiger partial charge in [0, 0.05) is 18.8 Å². The number of hydrogen-bond acceptors (Lipinski definition) is 4. The van der Waals surface area contributed by atoms with E-state index in [4.69, 9.17) is 14.6 Å². The summed E-state index contributed by atoms with van der Waals surface area (Å²) in [6, 6.07) is 1.48. The van der Waals surface area contributed by atoms with Crippen LogP contribution in [-0.2, 0) is 9.53 Å². The van der Waals surface area contributed by atoms with Crippen molar-refractivity contribution in [3.8, 4) is 5.88 Å². The van der Waals surface area contributed by atoms with E-state index in [9.17, 15) is 9.18 Å². The number of aliphatic carboxylic acids is 1. The maximum atomic E-state index is 13.5. The van der Waals surface area contributed by atoms with Gasteiger partial charge in [-0.3, -0.25) is 4.79 Å². The van der Waals surface area contributed by atoms with Crippen molar-refractivity contribution >= 4 is 5.97 Å². The van der Waals surface area contributed by atoms with E-state index < -0.39 is 5.97 Å². The molecule has 114 valence electrons. The molecule has 5 nitrogen and oxygen atoms in total. The Morgan fingerprint density at radius 3 is 2.76 bits per heavy atom. The van der Waals surface area contributed by atoms with Crippen LogP contribution in [0.2, 0.25) is 0 Å². The number of ether oxygens (including phenoxy) is 2. The summed E-state index contributed by atoms with van der Waals surface area (Å²) in [7, 11) is 0. The highest BCUT2D eigenvalue weighted by atomic mass is 19.1. The van der Waals surface area contributed by atoms with E-state index in [0.29, 0.717) is 31.9 Å². The van der Waals surface area contributed by atoms with Gasteiger partial charge in [0.25, 0.3) is 0 Å². The first kappa shape index (κ1) is 14.3. The van der Waals surface area contributed by atoms with Gasteiger partial charge >= 0.3 is 5.97 Å². The lowest BCUT2D eigenvalue weighted by molar-refractivity contribution is -0.148. The van der Waals surface area contributed by atoms with Gasteiger partial charge in [-0.25, -0.2) is 9.37 Å². The molecule has 1 aromatic rings. The zero-order valence-corrected chi connectivity index (χ0v) is 11.6. The van der Waals surface area contributed by atoms with Crippen molar-refractivity contribution in [1.82, 2.24) is 4.98 Å². The minimum atomic E-state index is -0.786. The van der Waals surface area contributed by atoms with Crippen molar-refractivity contribution < 1.29 is 23.8 Å². The molecule has 1 aliphatic carbocycles. The average Bonchev–Trinajstić information content (AvgIpc) is 2.44. The zero-order chi connectivity index (χ0) is 14.8. The molecule has 21 heavy (non-hydrogen) atoms. The van der Waals surface area contributed by atoms with Crippen molar-refractivity contribution in [3.63, 3.8) is 0 Å². The summed E-state index contributed by atoms with van der Waals surface area (Å²) < 4.78 is 24.6. The van der Waals surface area contributed by atoms with Crippen LogP contribution in [0.5, 0.6) is 5.88 Å². The predicted molar refractivity (Wildman–Crippen MR) is 71.8 cm³/mol. The molecule has 1 aromatic heterocycles. The normalized spacial score (nSPS) is 26.1. The molecule has 1 aliphatic heterocycles. The largest absolute Gasteiger partial charge is 0.481 e. The number of carboxylic acid groups (broad SMARTS) is 1. The van der Waals surface area contributed by atoms with Gasteiger partial charge in [0.1, 0.15) is 11.9 Å². The van der Waals surface area contributed by atoms with Gasteiger partial charge in [0.15, 0.2) is 0 Å². The molecule has 1 N–H and O–H groups in total. The second-order valence-corrected chi connectivity index (χ2v) is 5.68. The van der Waals surface area contributed by atoms with Crippen molar-refractivity contribution in [3.05, 3.63) is 23.6 Å². The van der Waals surface area contributed by atoms with Crippen molar-refractivity contribution in [2.24, 2.45) is 5.92 Å². The maximum absolute atomic E-state index is 13.5. The molecule has 0 spiro atoms. The molecule has 0 bridgehead atoms. The Morgan fingerprint density at radius 2 is 2.10 bits per heavy atom. The molecule has 0 atom stereocenters. The number of hydrogen-bond donors (Lipinski definition) is 1. The molecule has 0 aromatic carbocycles. The fourth-order valence-electron chi connectivity index (χ4n) is 2.86. The number of carbonyl (C=O) groups is 1. The molecule has 0 amide bonds. The first-order valence-corrected chi connectivity index (χ1v) is 7.26. The van der Waals surface area contributed by atoms with Gasteiger partial charge in [-0.05, 0) is 37.7 Å². The lowest BCUT2D eigenvalue weighted by Gasteiger charge is -2.33. The average molecular weight is 295 g/mol. The zero-order valence-electron chi connectivity index (χ0n) is 11.6. The number of aromatic nitrogens is 1. The molecular formula is C15H18FNO4. The van der Waals surface area contributed by atoms with E-state index in [1.54, 1.807) is 0 Å². The van der Waals surface area contributed by atoms with Crippen LogP contribution in [0.4, 0.5) is 4.39 Å². The summed E-state index contributed by atoms with van der Waals surface area (Å²) in [5, 5.41) is 8.88. The van der Waals surface area contributed by atoms with Crippen LogP contribution in [0.15, 0.2) is 12.3 Å². The Morgan fingerprint density at radius 1 is 1.38 bits per heavy atom. The highest BCUT2D eigenvalue weighted by Crippen LogP contribution is 2.36. The molecule has 2 aliphatic rings. The second-order valence-electron chi connectivity index (χ2n) is 5.68. The molecule has 3 rings (SSSR count). The maximum Gasteiger partial charge on any atom is 0.306 e. The quantitative estimate of drug-likeness (QED) is 0.923. The molecule has 1 saturated carbocycles. The van der Waals surface area contributed by atoms with E-state index in [2.05, 4.69) is 4.98 Å². The van der Waals surface area contributed by atoms with Crippen LogP contribution >= 0.6 is 0 Å². The van der Waals surface area contributed by atoms with E-state index in [1.165, 1.54) is 6.07 Å². The van der Waals surface area contributed by atoms with Gasteiger partial charge in [0.05, 0.1) is 12.1 Å². The molecule has 0 radical (unpaired) electrons. The first-order chi connectivity index (χ1) is 10.1. The monoisotopic (exact) mass is 295 g/mol. The van der Waals surface area contributed by atoms with Gasteiger partial charge in [-0.15, -0.1) is 0 Å². The molecular weight excluding hydrogens is 277 g/mol. The minimum absolute atomic E-state index is 0.136. The fraction of sp³-hybridized carbons (Fsp3) is 0.600. The van der Waals surface area contributed by atoms with Crippen molar-refractivity contribution in [1.29, 1.82) is 0 Å². The second kappa shape index (κ2) is 5.97. The molecule has 2 heterocycles. The third-order valence-electron chi connectivity index (χ3n) is 4.23. The Balaban J connectivity index is 1.71. The number of halogens is 1. The van der Waals surface area contributed by atoms with Gasteiger partial charge in [0.2, 0.25) is 5.88 Å². The minimum Gasteiger partial charge on any atom is -0.481 e. The topological polar surface area (TPSA) is 68.7 Å². The van der Waals surface area contributed by atoms with Gasteiger partial charge in [-0.2, -0.15) is 0 Å². The Labute approximate surface area is 122 Å². The molecule has 0 unspecified atom stereocenters. The van der Waals surface area contributed by atoms with E-state index in [1.807, 2.05) is 0 Å². The van der Waals surface area contributed by atoms with Crippen LogP contribution in [0, 0.1) is 11.7 Å². The van der Waals surface area contributed by atoms with Gasteiger partial charge in [-0.1, -0.05) is 0 Å². The summed E-state index contributed by atoms with van der Waals surface area (Å²) >= 11 is 0. The van der Waals surface area contributed by atoms with Crippen molar-refractivity contribution in [2.75, 3.05) is 13.2 Å². The summed E-state index contributed by atoms with van der Waals surface area (Å²) in [4.78, 5) is 14.9. The Hall–Kier alpha value is -1.69. The smallest absolute Gasteiger partial charge is 0.306 e. The lowest BCUT2D eigenvalue weighted by Crippen LogP contribution is -2.38. The van der Waals surface area contributed by atoms with Crippen LogP contribution in [-0.4, -0.2) is 35.4 Å². The van der Waals surface area contributed by atoms with E-state index in [0.717, 1.165) is 24.6 Å². The van der Waals surface area contributed by atoms with Gasteiger partial charge < -0.3 is 14.6 Å². The Bertz CT molecular complexity index is 524. The third-order valence-corrected chi connectivity index (χ3v) is 4.23. The summed E-state index contributed by atoms with van der Waals surface area (Å²) in [6.07, 6.45) is 3.63. The number of pyridine rings is 1. The molecule has 2 fully saturated rings. The SMILES string of the molecule is O=C(O)C1CC(Oc2ncc(F)cc2C2CCOCC2)C1. The first-order valence-electron chi connectivity index (χ1n) is 7.26. The summed E-state index contributed by atoms with van der Waals surface area (Å²) in [5.41, 5.74) is 0.775. The standard InChI is InChI=1S/C15H18FNO4/c16-11-7-13(9-1-3-20-4-2-9)14(17-8-11)21-12-5-10(6-12)15(18)19/h7-10,12H,1-6H2,(H,18,19). The number of nitrogens with zero attached hydrogens (tertiary/aromatic N) is 1. The van der Waals surface area contributed by atoms with Crippen LogP contribution in [0.1, 0.15) is 37.2 Å². The highest BCUT2D eigenvalue weighted by Gasteiger charge is 2.37. The molecule has 6 heteroatoms. The van der Waals surface area contributed by atoms with Crippen molar-refractivity contribution in [2.45, 2.75) is 37.7 Å². The Kier molecular flexibility index (Phi) is 4.05. The van der Waals surface area contributed by atoms with Crippen LogP contribution < -0.4 is 4.74 Å². The van der Waals surface area contributed by atoms with Crippen LogP contribution in [0.3, 0.4) is 0 Å². The fourth-order valence-corrected chi connectivity index (χ4v) is 2.86. The van der Waals surface area contributed by atoms with E-state index in [-0.39, 0.29) is 23.8 Å². The van der Waals surface area contributed by atoms with Crippen LogP contribution in [0.25, 0.3) is 0 Å². The number of carboxylic acids is 1. The highest BCUT2D eigenvalue weighted by molar-refractivity contribution is 5.71.